The van der Waals surface area contributed by atoms with Gasteiger partial charge in [0.25, 0.3) is 0 Å². The highest BCUT2D eigenvalue weighted by Crippen LogP contribution is 2.49. The van der Waals surface area contributed by atoms with Crippen molar-refractivity contribution in [3.8, 4) is 0 Å². The first-order valence-corrected chi connectivity index (χ1v) is 17.4. The maximum atomic E-state index is 13.2. The maximum absolute atomic E-state index is 13.2. The van der Waals surface area contributed by atoms with E-state index < -0.39 is 21.6 Å². The number of amides is 1. The molecule has 2 rings (SSSR count). The van der Waals surface area contributed by atoms with Crippen molar-refractivity contribution in [3.05, 3.63) is 29.3 Å². The van der Waals surface area contributed by atoms with Crippen LogP contribution in [0.15, 0.2) is 23.5 Å². The SMILES string of the molecule is CCOP(=O)(CCC(COC1(c2ncnc(Cl)c2NC=O)C=CC=N1)CO[Si](C)(C)C(C)(C)C)OCC. The molecule has 2 unspecified atom stereocenters. The molecule has 0 aromatic carbocycles. The summed E-state index contributed by atoms with van der Waals surface area (Å²) in [6.07, 6.45) is 7.57. The largest absolute Gasteiger partial charge is 0.416 e. The Kier molecular flexibility index (Phi) is 11.6. The molecule has 0 bridgehead atoms. The Labute approximate surface area is 226 Å². The van der Waals surface area contributed by atoms with Crippen molar-refractivity contribution in [2.75, 3.05) is 37.9 Å². The maximum Gasteiger partial charge on any atom is 0.330 e. The van der Waals surface area contributed by atoms with Crippen LogP contribution >= 0.6 is 19.2 Å². The molecule has 1 amide bonds. The summed E-state index contributed by atoms with van der Waals surface area (Å²) in [5.41, 5.74) is -0.784. The first kappa shape index (κ1) is 31.8. The first-order valence-electron chi connectivity index (χ1n) is 12.4. The first-order chi connectivity index (χ1) is 17.3. The summed E-state index contributed by atoms with van der Waals surface area (Å²) in [6.45, 7) is 15.7. The molecule has 0 saturated carbocycles. The van der Waals surface area contributed by atoms with Crippen LogP contribution in [0.1, 0.15) is 46.7 Å². The van der Waals surface area contributed by atoms with Crippen molar-refractivity contribution < 1.29 is 27.6 Å². The third kappa shape index (κ3) is 8.51. The molecule has 1 aromatic rings. The van der Waals surface area contributed by atoms with Gasteiger partial charge in [0.2, 0.25) is 12.1 Å². The number of carbonyl (C=O) groups is 1. The summed E-state index contributed by atoms with van der Waals surface area (Å²) in [6, 6.07) is 0. The third-order valence-corrected chi connectivity index (χ3v) is 13.4. The van der Waals surface area contributed by atoms with E-state index in [0.29, 0.717) is 38.3 Å². The van der Waals surface area contributed by atoms with E-state index in [1.807, 2.05) is 0 Å². The Hall–Kier alpha value is -1.46. The van der Waals surface area contributed by atoms with Crippen LogP contribution in [0.3, 0.4) is 0 Å². The standard InChI is InChI=1S/C24H40ClN4O6PSi/c1-8-33-36(31,34-9-2)14-11-19(16-35-37(6,7)23(3,4)5)15-32-24(12-10-13-29-24)21-20(28-18-30)22(25)27-17-26-21/h10,12-13,17-19H,8-9,11,14-16H2,1-7H3,(H,28,30). The van der Waals surface area contributed by atoms with Gasteiger partial charge in [-0.25, -0.2) is 15.0 Å². The highest BCUT2D eigenvalue weighted by molar-refractivity contribution is 7.53. The summed E-state index contributed by atoms with van der Waals surface area (Å²) < 4.78 is 37.0. The van der Waals surface area contributed by atoms with E-state index in [0.717, 1.165) is 0 Å². The number of halogens is 1. The number of anilines is 1. The van der Waals surface area contributed by atoms with Gasteiger partial charge >= 0.3 is 7.60 Å². The fourth-order valence-electron chi connectivity index (χ4n) is 3.39. The molecule has 208 valence electrons. The second kappa shape index (κ2) is 13.6. The van der Waals surface area contributed by atoms with E-state index >= 15 is 0 Å². The monoisotopic (exact) mass is 574 g/mol. The van der Waals surface area contributed by atoms with Gasteiger partial charge in [0.1, 0.15) is 17.7 Å². The molecule has 0 radical (unpaired) electrons. The van der Waals surface area contributed by atoms with Crippen molar-refractivity contribution >= 4 is 45.8 Å². The van der Waals surface area contributed by atoms with Gasteiger partial charge in [-0.05, 0) is 50.6 Å². The zero-order valence-electron chi connectivity index (χ0n) is 22.8. The molecule has 0 fully saturated rings. The zero-order chi connectivity index (χ0) is 27.7. The second-order valence-corrected chi connectivity index (χ2v) is 17.5. The minimum absolute atomic E-state index is 0.0250. The van der Waals surface area contributed by atoms with E-state index in [-0.39, 0.29) is 34.6 Å². The zero-order valence-corrected chi connectivity index (χ0v) is 25.5. The van der Waals surface area contributed by atoms with Crippen molar-refractivity contribution in [2.24, 2.45) is 10.9 Å². The number of aromatic nitrogens is 2. The molecule has 37 heavy (non-hydrogen) atoms. The van der Waals surface area contributed by atoms with Crippen molar-refractivity contribution in [3.63, 3.8) is 0 Å². The van der Waals surface area contributed by atoms with E-state index in [2.05, 4.69) is 54.1 Å². The lowest BCUT2D eigenvalue weighted by atomic mass is 10.1. The molecule has 0 spiro atoms. The minimum Gasteiger partial charge on any atom is -0.416 e. The Morgan fingerprint density at radius 1 is 1.19 bits per heavy atom. The predicted molar refractivity (Wildman–Crippen MR) is 149 cm³/mol. The van der Waals surface area contributed by atoms with Gasteiger partial charge in [-0.2, -0.15) is 0 Å². The molecule has 1 N–H and O–H groups in total. The molecular weight excluding hydrogens is 535 g/mol. The molecule has 10 nitrogen and oxygen atoms in total. The fraction of sp³-hybridized carbons (Fsp3) is 0.667. The van der Waals surface area contributed by atoms with Crippen LogP contribution < -0.4 is 5.32 Å². The van der Waals surface area contributed by atoms with Gasteiger partial charge < -0.3 is 23.5 Å². The van der Waals surface area contributed by atoms with E-state index in [1.54, 1.807) is 32.2 Å². The summed E-state index contributed by atoms with van der Waals surface area (Å²) in [5.74, 6) is -0.149. The van der Waals surface area contributed by atoms with Crippen molar-refractivity contribution in [1.29, 1.82) is 0 Å². The van der Waals surface area contributed by atoms with E-state index in [4.69, 9.17) is 29.8 Å². The molecule has 0 saturated heterocycles. The average molecular weight is 575 g/mol. The lowest BCUT2D eigenvalue weighted by Gasteiger charge is -2.37. The minimum atomic E-state index is -3.25. The summed E-state index contributed by atoms with van der Waals surface area (Å²) in [7, 11) is -5.31. The third-order valence-electron chi connectivity index (χ3n) is 6.51. The molecule has 2 atom stereocenters. The molecule has 13 heteroatoms. The Morgan fingerprint density at radius 3 is 2.41 bits per heavy atom. The van der Waals surface area contributed by atoms with E-state index in [9.17, 15) is 9.36 Å². The molecule has 0 aliphatic carbocycles. The van der Waals surface area contributed by atoms with Crippen LogP contribution in [-0.2, 0) is 33.3 Å². The molecule has 1 aliphatic heterocycles. The lowest BCUT2D eigenvalue weighted by Crippen LogP contribution is -2.42. The van der Waals surface area contributed by atoms with Gasteiger partial charge in [0.05, 0.1) is 26.0 Å². The Morgan fingerprint density at radius 2 is 1.86 bits per heavy atom. The number of aliphatic imine (C=N–C) groups is 1. The Bertz CT molecular complexity index is 995. The molecule has 1 aromatic heterocycles. The normalized spacial score (nSPS) is 18.8. The summed E-state index contributed by atoms with van der Waals surface area (Å²) in [5, 5.41) is 2.65. The number of nitrogens with zero attached hydrogens (tertiary/aromatic N) is 3. The second-order valence-electron chi connectivity index (χ2n) is 10.2. The molecular formula is C24H40ClN4O6PSi. The number of carbonyl (C=O) groups excluding carboxylic acids is 1. The lowest BCUT2D eigenvalue weighted by molar-refractivity contribution is -0.105. The van der Waals surface area contributed by atoms with Crippen LogP contribution in [0.2, 0.25) is 23.3 Å². The van der Waals surface area contributed by atoms with Gasteiger partial charge in [0, 0.05) is 18.7 Å². The van der Waals surface area contributed by atoms with Crippen LogP contribution in [0, 0.1) is 5.92 Å². The van der Waals surface area contributed by atoms with Crippen molar-refractivity contribution in [1.82, 2.24) is 9.97 Å². The number of rotatable bonds is 16. The quantitative estimate of drug-likeness (QED) is 0.114. The van der Waals surface area contributed by atoms with Crippen LogP contribution in [0.25, 0.3) is 0 Å². The van der Waals surface area contributed by atoms with E-state index in [1.165, 1.54) is 6.33 Å². The highest BCUT2D eigenvalue weighted by atomic mass is 35.5. The number of hydrogen-bond acceptors (Lipinski definition) is 9. The number of nitrogens with one attached hydrogen (secondary N) is 1. The summed E-state index contributed by atoms with van der Waals surface area (Å²) in [4.78, 5) is 24.0. The smallest absolute Gasteiger partial charge is 0.330 e. The average Bonchev–Trinajstić information content (AvgIpc) is 3.29. The highest BCUT2D eigenvalue weighted by Gasteiger charge is 2.40. The number of allylic oxidation sites excluding steroid dienone is 1. The van der Waals surface area contributed by atoms with Crippen molar-refractivity contribution in [2.45, 2.75) is 64.9 Å². The summed E-state index contributed by atoms with van der Waals surface area (Å²) >= 11 is 6.23. The fourth-order valence-corrected chi connectivity index (χ4v) is 6.46. The Balaban J connectivity index is 2.31. The molecule has 2 heterocycles. The van der Waals surface area contributed by atoms with Gasteiger partial charge in [0.15, 0.2) is 13.5 Å². The predicted octanol–water partition coefficient (Wildman–Crippen LogP) is 5.80. The topological polar surface area (TPSA) is 121 Å². The van der Waals surface area contributed by atoms with Gasteiger partial charge in [-0.3, -0.25) is 9.36 Å². The number of ether oxygens (including phenoxy) is 1. The van der Waals surface area contributed by atoms with Gasteiger partial charge in [-0.1, -0.05) is 32.4 Å². The number of hydrogen-bond donors (Lipinski definition) is 1. The van der Waals surface area contributed by atoms with Gasteiger partial charge in [-0.15, -0.1) is 0 Å². The van der Waals surface area contributed by atoms with Crippen LogP contribution in [-0.4, -0.2) is 63.5 Å². The molecule has 1 aliphatic rings. The van der Waals surface area contributed by atoms with Crippen LogP contribution in [0.5, 0.6) is 0 Å². The van der Waals surface area contributed by atoms with Crippen LogP contribution in [0.4, 0.5) is 5.69 Å².